The van der Waals surface area contributed by atoms with Crippen molar-refractivity contribution < 1.29 is 14.3 Å². The Morgan fingerprint density at radius 3 is 2.83 bits per heavy atom. The summed E-state index contributed by atoms with van der Waals surface area (Å²) in [6.45, 7) is 1.31. The number of amides is 1. The molecular formula is C17H17FN4O2. The predicted molar refractivity (Wildman–Crippen MR) is 89.5 cm³/mol. The number of hydrogen-bond acceptors (Lipinski definition) is 4. The SMILES string of the molecule is NC(=O)c1cnc(N2CCC(O)CC2)c2c1[nH]c1ccc(F)cc12. The third kappa shape index (κ3) is 2.28. The van der Waals surface area contributed by atoms with Gasteiger partial charge in [-0.25, -0.2) is 9.37 Å². The van der Waals surface area contributed by atoms with Gasteiger partial charge in [-0.3, -0.25) is 4.79 Å². The Hall–Kier alpha value is -2.67. The van der Waals surface area contributed by atoms with E-state index >= 15 is 0 Å². The van der Waals surface area contributed by atoms with Crippen LogP contribution < -0.4 is 10.6 Å². The number of nitrogens with two attached hydrogens (primary N) is 1. The van der Waals surface area contributed by atoms with Crippen molar-refractivity contribution in [2.75, 3.05) is 18.0 Å². The van der Waals surface area contributed by atoms with E-state index in [9.17, 15) is 14.3 Å². The molecule has 1 fully saturated rings. The van der Waals surface area contributed by atoms with Crippen LogP contribution in [0.5, 0.6) is 0 Å². The molecule has 0 atom stereocenters. The molecule has 0 unspecified atom stereocenters. The fourth-order valence-corrected chi connectivity index (χ4v) is 3.36. The predicted octanol–water partition coefficient (Wildman–Crippen LogP) is 1.92. The molecule has 1 aliphatic rings. The first-order valence-corrected chi connectivity index (χ1v) is 7.87. The smallest absolute Gasteiger partial charge is 0.252 e. The number of piperidine rings is 1. The first kappa shape index (κ1) is 14.9. The molecular weight excluding hydrogens is 311 g/mol. The van der Waals surface area contributed by atoms with Crippen molar-refractivity contribution in [2.45, 2.75) is 18.9 Å². The van der Waals surface area contributed by atoms with Gasteiger partial charge in [0, 0.05) is 30.2 Å². The number of carbonyl (C=O) groups excluding carboxylic acids is 1. The zero-order chi connectivity index (χ0) is 16.8. The Kier molecular flexibility index (Phi) is 3.38. The average molecular weight is 328 g/mol. The zero-order valence-electron chi connectivity index (χ0n) is 12.9. The number of fused-ring (bicyclic) bond motifs is 3. The molecule has 124 valence electrons. The van der Waals surface area contributed by atoms with Gasteiger partial charge in [-0.1, -0.05) is 0 Å². The van der Waals surface area contributed by atoms with Crippen LogP contribution in [-0.4, -0.2) is 40.2 Å². The van der Waals surface area contributed by atoms with Gasteiger partial charge in [-0.05, 0) is 31.0 Å². The number of rotatable bonds is 2. The second-order valence-electron chi connectivity index (χ2n) is 6.14. The molecule has 3 heterocycles. The first-order valence-electron chi connectivity index (χ1n) is 7.87. The number of H-pyrrole nitrogens is 1. The molecule has 1 amide bonds. The largest absolute Gasteiger partial charge is 0.393 e. The highest BCUT2D eigenvalue weighted by Gasteiger charge is 2.23. The van der Waals surface area contributed by atoms with Crippen molar-refractivity contribution >= 4 is 33.5 Å². The van der Waals surface area contributed by atoms with E-state index in [0.717, 1.165) is 5.52 Å². The lowest BCUT2D eigenvalue weighted by Crippen LogP contribution is -2.36. The molecule has 3 aromatic rings. The van der Waals surface area contributed by atoms with Gasteiger partial charge in [0.1, 0.15) is 11.6 Å². The number of benzene rings is 1. The number of hydrogen-bond donors (Lipinski definition) is 3. The van der Waals surface area contributed by atoms with Crippen LogP contribution in [-0.2, 0) is 0 Å². The lowest BCUT2D eigenvalue weighted by atomic mass is 10.1. The topological polar surface area (TPSA) is 95.2 Å². The Labute approximate surface area is 137 Å². The summed E-state index contributed by atoms with van der Waals surface area (Å²) in [5.41, 5.74) is 7.03. The number of nitrogens with zero attached hydrogens (tertiary/aromatic N) is 2. The summed E-state index contributed by atoms with van der Waals surface area (Å²) >= 11 is 0. The van der Waals surface area contributed by atoms with Crippen molar-refractivity contribution in [3.63, 3.8) is 0 Å². The summed E-state index contributed by atoms with van der Waals surface area (Å²) in [5, 5.41) is 11.1. The first-order chi connectivity index (χ1) is 11.5. The van der Waals surface area contributed by atoms with Crippen LogP contribution in [0, 0.1) is 5.82 Å². The molecule has 24 heavy (non-hydrogen) atoms. The van der Waals surface area contributed by atoms with E-state index in [0.29, 0.717) is 48.0 Å². The maximum atomic E-state index is 13.8. The van der Waals surface area contributed by atoms with Crippen molar-refractivity contribution in [3.8, 4) is 0 Å². The third-order valence-electron chi connectivity index (χ3n) is 4.60. The summed E-state index contributed by atoms with van der Waals surface area (Å²) in [4.78, 5) is 21.4. The molecule has 0 saturated carbocycles. The van der Waals surface area contributed by atoms with E-state index in [2.05, 4.69) is 14.9 Å². The molecule has 0 radical (unpaired) electrons. The molecule has 7 heteroatoms. The fraction of sp³-hybridized carbons (Fsp3) is 0.294. The highest BCUT2D eigenvalue weighted by molar-refractivity contribution is 6.18. The number of aliphatic hydroxyl groups excluding tert-OH is 1. The number of halogens is 1. The van der Waals surface area contributed by atoms with E-state index in [4.69, 9.17) is 5.73 Å². The van der Waals surface area contributed by atoms with Gasteiger partial charge in [0.25, 0.3) is 5.91 Å². The quantitative estimate of drug-likeness (QED) is 0.670. The summed E-state index contributed by atoms with van der Waals surface area (Å²) < 4.78 is 13.8. The number of aromatic amines is 1. The Morgan fingerprint density at radius 2 is 2.12 bits per heavy atom. The maximum Gasteiger partial charge on any atom is 0.252 e. The van der Waals surface area contributed by atoms with E-state index in [1.807, 2.05) is 0 Å². The number of pyridine rings is 1. The minimum Gasteiger partial charge on any atom is -0.393 e. The van der Waals surface area contributed by atoms with Gasteiger partial charge < -0.3 is 20.7 Å². The molecule has 0 spiro atoms. The van der Waals surface area contributed by atoms with Crippen LogP contribution in [0.4, 0.5) is 10.2 Å². The number of carbonyl (C=O) groups is 1. The number of nitrogens with one attached hydrogen (secondary N) is 1. The standard InChI is InChI=1S/C17H17FN4O2/c18-9-1-2-13-11(7-9)14-15(21-13)12(16(19)24)8-20-17(14)22-5-3-10(23)4-6-22/h1-2,7-8,10,21,23H,3-6H2,(H2,19,24). The fourth-order valence-electron chi connectivity index (χ4n) is 3.36. The maximum absolute atomic E-state index is 13.8. The summed E-state index contributed by atoms with van der Waals surface area (Å²) in [6, 6.07) is 4.44. The van der Waals surface area contributed by atoms with Gasteiger partial charge >= 0.3 is 0 Å². The van der Waals surface area contributed by atoms with Gasteiger partial charge in [0.2, 0.25) is 0 Å². The molecule has 6 nitrogen and oxygen atoms in total. The third-order valence-corrected chi connectivity index (χ3v) is 4.60. The summed E-state index contributed by atoms with van der Waals surface area (Å²) in [7, 11) is 0. The van der Waals surface area contributed by atoms with E-state index < -0.39 is 5.91 Å². The monoisotopic (exact) mass is 328 g/mol. The number of aliphatic hydroxyl groups is 1. The van der Waals surface area contributed by atoms with Gasteiger partial charge in [0.15, 0.2) is 0 Å². The number of anilines is 1. The van der Waals surface area contributed by atoms with Crippen LogP contribution in [0.2, 0.25) is 0 Å². The van der Waals surface area contributed by atoms with E-state index in [1.54, 1.807) is 6.07 Å². The van der Waals surface area contributed by atoms with Crippen molar-refractivity contribution in [3.05, 3.63) is 35.8 Å². The highest BCUT2D eigenvalue weighted by Crippen LogP contribution is 2.35. The molecule has 1 aliphatic heterocycles. The highest BCUT2D eigenvalue weighted by atomic mass is 19.1. The van der Waals surface area contributed by atoms with Crippen molar-refractivity contribution in [1.29, 1.82) is 0 Å². The second kappa shape index (κ2) is 5.45. The van der Waals surface area contributed by atoms with Gasteiger partial charge in [-0.2, -0.15) is 0 Å². The van der Waals surface area contributed by atoms with Gasteiger partial charge in [0.05, 0.1) is 22.6 Å². The van der Waals surface area contributed by atoms with Crippen LogP contribution in [0.3, 0.4) is 0 Å². The zero-order valence-corrected chi connectivity index (χ0v) is 12.9. The summed E-state index contributed by atoms with van der Waals surface area (Å²) in [5.74, 6) is -0.258. The van der Waals surface area contributed by atoms with Crippen molar-refractivity contribution in [1.82, 2.24) is 9.97 Å². The molecule has 0 bridgehead atoms. The Bertz CT molecular complexity index is 945. The molecule has 4 rings (SSSR count). The van der Waals surface area contributed by atoms with Crippen LogP contribution in [0.25, 0.3) is 21.8 Å². The van der Waals surface area contributed by atoms with E-state index in [1.165, 1.54) is 18.3 Å². The minimum atomic E-state index is -0.583. The van der Waals surface area contributed by atoms with Crippen LogP contribution in [0.1, 0.15) is 23.2 Å². The van der Waals surface area contributed by atoms with Crippen LogP contribution >= 0.6 is 0 Å². The van der Waals surface area contributed by atoms with Crippen LogP contribution in [0.15, 0.2) is 24.4 Å². The van der Waals surface area contributed by atoms with Gasteiger partial charge in [-0.15, -0.1) is 0 Å². The lowest BCUT2D eigenvalue weighted by molar-refractivity contribution is 0.100. The molecule has 1 aromatic carbocycles. The summed E-state index contributed by atoms with van der Waals surface area (Å²) in [6.07, 6.45) is 2.45. The average Bonchev–Trinajstić information content (AvgIpc) is 2.93. The second-order valence-corrected chi connectivity index (χ2v) is 6.14. The number of primary amides is 1. The molecule has 1 saturated heterocycles. The normalized spacial score (nSPS) is 16.2. The van der Waals surface area contributed by atoms with Crippen molar-refractivity contribution in [2.24, 2.45) is 5.73 Å². The number of aromatic nitrogens is 2. The minimum absolute atomic E-state index is 0.280. The Balaban J connectivity index is 1.99. The molecule has 2 aromatic heterocycles. The molecule has 4 N–H and O–H groups in total. The Morgan fingerprint density at radius 1 is 1.38 bits per heavy atom. The molecule has 0 aliphatic carbocycles. The lowest BCUT2D eigenvalue weighted by Gasteiger charge is -2.31. The van der Waals surface area contributed by atoms with E-state index in [-0.39, 0.29) is 17.5 Å².